The summed E-state index contributed by atoms with van der Waals surface area (Å²) in [5.41, 5.74) is 1.61. The number of imide groups is 2. The molecule has 170 valence electrons. The molecule has 0 radical (unpaired) electrons. The van der Waals surface area contributed by atoms with Gasteiger partial charge in [0, 0.05) is 47.8 Å². The molecule has 1 aliphatic rings. The zero-order chi connectivity index (χ0) is 23.7. The van der Waals surface area contributed by atoms with Crippen LogP contribution < -0.4 is 4.74 Å². The molecule has 0 bridgehead atoms. The van der Waals surface area contributed by atoms with Crippen LogP contribution in [0.3, 0.4) is 0 Å². The minimum absolute atomic E-state index is 0.0549. The number of likely N-dealkylation sites (N-methyl/N-ethyl adjacent to an activating group) is 2. The highest BCUT2D eigenvalue weighted by Crippen LogP contribution is 2.29. The van der Waals surface area contributed by atoms with Gasteiger partial charge in [-0.3, -0.25) is 19.4 Å². The van der Waals surface area contributed by atoms with Crippen LogP contribution >= 0.6 is 27.5 Å². The fourth-order valence-corrected chi connectivity index (χ4v) is 4.26. The minimum Gasteiger partial charge on any atom is -0.492 e. The summed E-state index contributed by atoms with van der Waals surface area (Å²) in [6, 6.07) is 12.5. The number of nitrogens with zero attached hydrogens (tertiary/aromatic N) is 3. The second-order valence-corrected chi connectivity index (χ2v) is 8.96. The lowest BCUT2D eigenvalue weighted by molar-refractivity contribution is -0.134. The number of hydrogen-bond donors (Lipinski definition) is 0. The Bertz CT molecular complexity index is 1270. The fraction of sp³-hybridized carbons (Fsp3) is 0.208. The first-order valence-corrected chi connectivity index (χ1v) is 11.4. The van der Waals surface area contributed by atoms with E-state index >= 15 is 0 Å². The van der Waals surface area contributed by atoms with Gasteiger partial charge in [0.2, 0.25) is 0 Å². The van der Waals surface area contributed by atoms with Crippen molar-refractivity contribution in [3.63, 3.8) is 0 Å². The molecule has 4 rings (SSSR count). The average molecular weight is 531 g/mol. The van der Waals surface area contributed by atoms with Crippen molar-refractivity contribution in [1.82, 2.24) is 14.4 Å². The number of urea groups is 1. The average Bonchev–Trinajstić information content (AvgIpc) is 3.14. The highest BCUT2D eigenvalue weighted by atomic mass is 79.9. The van der Waals surface area contributed by atoms with Crippen molar-refractivity contribution >= 4 is 62.4 Å². The number of barbiturate groups is 1. The summed E-state index contributed by atoms with van der Waals surface area (Å²) in [6.45, 7) is 1.14. The largest absolute Gasteiger partial charge is 0.492 e. The van der Waals surface area contributed by atoms with Crippen LogP contribution in [0, 0.1) is 0 Å². The minimum atomic E-state index is -0.647. The van der Waals surface area contributed by atoms with Crippen LogP contribution in [-0.2, 0) is 16.1 Å². The Balaban J connectivity index is 1.61. The topological polar surface area (TPSA) is 71.8 Å². The van der Waals surface area contributed by atoms with Gasteiger partial charge in [0.15, 0.2) is 0 Å². The number of fused-ring (bicyclic) bond motifs is 1. The van der Waals surface area contributed by atoms with E-state index < -0.39 is 17.8 Å². The predicted molar refractivity (Wildman–Crippen MR) is 130 cm³/mol. The van der Waals surface area contributed by atoms with Gasteiger partial charge in [-0.05, 0) is 42.8 Å². The van der Waals surface area contributed by atoms with E-state index in [1.807, 2.05) is 42.6 Å². The van der Waals surface area contributed by atoms with E-state index in [-0.39, 0.29) is 5.57 Å². The van der Waals surface area contributed by atoms with Gasteiger partial charge in [-0.2, -0.15) is 0 Å². The summed E-state index contributed by atoms with van der Waals surface area (Å²) >= 11 is 9.63. The van der Waals surface area contributed by atoms with Crippen LogP contribution in [0.4, 0.5) is 4.79 Å². The number of aryl methyl sites for hydroxylation is 1. The molecule has 0 unspecified atom stereocenters. The molecule has 4 amide bonds. The molecule has 1 aliphatic heterocycles. The number of benzene rings is 2. The number of rotatable bonds is 6. The lowest BCUT2D eigenvalue weighted by atomic mass is 10.1. The van der Waals surface area contributed by atoms with E-state index in [0.29, 0.717) is 29.5 Å². The molecule has 33 heavy (non-hydrogen) atoms. The molecular formula is C24H21BrClN3O4. The third-order valence-corrected chi connectivity index (χ3v) is 6.26. The third kappa shape index (κ3) is 4.54. The second-order valence-electron chi connectivity index (χ2n) is 7.64. The molecule has 1 aromatic heterocycles. The molecule has 1 saturated heterocycles. The molecule has 2 heterocycles. The molecular weight excluding hydrogens is 510 g/mol. The SMILES string of the molecule is CN1C(=O)C(=Cc2cn(CCCOc3ccccc3Cl)c3ccc(Br)cc23)C(=O)N(C)C1=O. The van der Waals surface area contributed by atoms with E-state index in [0.717, 1.165) is 31.6 Å². The van der Waals surface area contributed by atoms with Crippen LogP contribution in [-0.4, -0.2) is 52.9 Å². The number of hydrogen-bond acceptors (Lipinski definition) is 4. The Morgan fingerprint density at radius 2 is 1.73 bits per heavy atom. The maximum atomic E-state index is 12.6. The number of carbonyl (C=O) groups is 3. The first-order chi connectivity index (χ1) is 15.8. The first-order valence-electron chi connectivity index (χ1n) is 10.3. The van der Waals surface area contributed by atoms with Gasteiger partial charge in [0.1, 0.15) is 11.3 Å². The molecule has 0 spiro atoms. The molecule has 9 heteroatoms. The standard InChI is InChI=1S/C24H21BrClN3O4/c1-27-22(30)18(23(31)28(2)24(27)32)12-15-14-29(20-9-8-16(25)13-17(15)20)10-5-11-33-21-7-4-3-6-19(21)26/h3-4,6-9,12-14H,5,10-11H2,1-2H3. The summed E-state index contributed by atoms with van der Waals surface area (Å²) in [4.78, 5) is 39.2. The zero-order valence-corrected chi connectivity index (χ0v) is 20.4. The van der Waals surface area contributed by atoms with E-state index in [1.54, 1.807) is 12.1 Å². The maximum Gasteiger partial charge on any atom is 0.333 e. The normalized spacial score (nSPS) is 14.4. The molecule has 0 aliphatic carbocycles. The lowest BCUT2D eigenvalue weighted by Crippen LogP contribution is -2.52. The quantitative estimate of drug-likeness (QED) is 0.257. The molecule has 0 saturated carbocycles. The van der Waals surface area contributed by atoms with Gasteiger partial charge in [0.05, 0.1) is 11.6 Å². The van der Waals surface area contributed by atoms with Gasteiger partial charge in [0.25, 0.3) is 11.8 Å². The Labute approximate surface area is 204 Å². The van der Waals surface area contributed by atoms with Gasteiger partial charge in [-0.1, -0.05) is 39.7 Å². The summed E-state index contributed by atoms with van der Waals surface area (Å²) in [7, 11) is 2.72. The number of amides is 4. The highest BCUT2D eigenvalue weighted by Gasteiger charge is 2.37. The fourth-order valence-electron chi connectivity index (χ4n) is 3.71. The van der Waals surface area contributed by atoms with Gasteiger partial charge < -0.3 is 9.30 Å². The van der Waals surface area contributed by atoms with Crippen molar-refractivity contribution in [3.05, 3.63) is 69.3 Å². The molecule has 0 N–H and O–H groups in total. The molecule has 2 aromatic carbocycles. The van der Waals surface area contributed by atoms with Crippen molar-refractivity contribution in [2.45, 2.75) is 13.0 Å². The Hall–Kier alpha value is -3.10. The number of para-hydroxylation sites is 1. The van der Waals surface area contributed by atoms with Crippen molar-refractivity contribution in [1.29, 1.82) is 0 Å². The van der Waals surface area contributed by atoms with Crippen molar-refractivity contribution in [2.24, 2.45) is 0 Å². The van der Waals surface area contributed by atoms with Crippen LogP contribution in [0.2, 0.25) is 5.02 Å². The summed E-state index contributed by atoms with van der Waals surface area (Å²) < 4.78 is 8.71. The van der Waals surface area contributed by atoms with Crippen LogP contribution in [0.15, 0.2) is 58.7 Å². The molecule has 3 aromatic rings. The second kappa shape index (κ2) is 9.41. The van der Waals surface area contributed by atoms with Crippen LogP contribution in [0.25, 0.3) is 17.0 Å². The molecule has 0 atom stereocenters. The highest BCUT2D eigenvalue weighted by molar-refractivity contribution is 9.10. The van der Waals surface area contributed by atoms with Gasteiger partial charge in [-0.15, -0.1) is 0 Å². The zero-order valence-electron chi connectivity index (χ0n) is 18.0. The van der Waals surface area contributed by atoms with E-state index in [9.17, 15) is 14.4 Å². The molecule has 7 nitrogen and oxygen atoms in total. The third-order valence-electron chi connectivity index (χ3n) is 5.46. The van der Waals surface area contributed by atoms with Crippen molar-refractivity contribution in [3.8, 4) is 5.75 Å². The Kier molecular flexibility index (Phi) is 6.58. The summed E-state index contributed by atoms with van der Waals surface area (Å²) in [5, 5.41) is 1.45. The van der Waals surface area contributed by atoms with E-state index in [4.69, 9.17) is 16.3 Å². The maximum absolute atomic E-state index is 12.6. The lowest BCUT2D eigenvalue weighted by Gasteiger charge is -2.28. The van der Waals surface area contributed by atoms with Crippen molar-refractivity contribution < 1.29 is 19.1 Å². The Morgan fingerprint density at radius 1 is 1.03 bits per heavy atom. The van der Waals surface area contributed by atoms with E-state index in [1.165, 1.54) is 14.1 Å². The monoisotopic (exact) mass is 529 g/mol. The Morgan fingerprint density at radius 3 is 2.42 bits per heavy atom. The van der Waals surface area contributed by atoms with Crippen molar-refractivity contribution in [2.75, 3.05) is 20.7 Å². The number of carbonyl (C=O) groups excluding carboxylic acids is 3. The summed E-state index contributed by atoms with van der Waals surface area (Å²) in [5.74, 6) is -0.595. The van der Waals surface area contributed by atoms with Crippen LogP contribution in [0.1, 0.15) is 12.0 Å². The predicted octanol–water partition coefficient (Wildman–Crippen LogP) is 4.96. The summed E-state index contributed by atoms with van der Waals surface area (Å²) in [6.07, 6.45) is 4.17. The van der Waals surface area contributed by atoms with Crippen LogP contribution in [0.5, 0.6) is 5.75 Å². The van der Waals surface area contributed by atoms with Gasteiger partial charge in [-0.25, -0.2) is 4.79 Å². The van der Waals surface area contributed by atoms with Gasteiger partial charge >= 0.3 is 6.03 Å². The number of halogens is 2. The first kappa shape index (κ1) is 23.1. The smallest absolute Gasteiger partial charge is 0.333 e. The number of aromatic nitrogens is 1. The number of ether oxygens (including phenoxy) is 1. The molecule has 1 fully saturated rings. The van der Waals surface area contributed by atoms with E-state index in [2.05, 4.69) is 20.5 Å².